The van der Waals surface area contributed by atoms with E-state index in [4.69, 9.17) is 16.0 Å². The maximum Gasteiger partial charge on any atom is 0.327 e. The molecule has 2 amide bonds. The number of benzene rings is 1. The highest BCUT2D eigenvalue weighted by molar-refractivity contribution is 6.31. The molecule has 2 N–H and O–H groups in total. The standard InChI is InChI=1S/C19H20ClN3O2/c1-9-4-10-5-11-7-14(13(11)6-10)17(9)22-18(24)23-19-21-15-8-12(20)2-3-16(15)25-19/h2-3,8-11,13H,4-7H2,1H3,(H2,21,22,23,24). The third-order valence-corrected chi connectivity index (χ3v) is 6.30. The number of anilines is 1. The summed E-state index contributed by atoms with van der Waals surface area (Å²) in [6, 6.07) is 5.10. The van der Waals surface area contributed by atoms with Gasteiger partial charge in [-0.15, -0.1) is 0 Å². The highest BCUT2D eigenvalue weighted by Crippen LogP contribution is 2.58. The second-order valence-corrected chi connectivity index (χ2v) is 8.13. The van der Waals surface area contributed by atoms with Crippen molar-refractivity contribution in [2.24, 2.45) is 23.7 Å². The number of rotatable bonds is 2. The SMILES string of the molecule is CC1CC2CC3CC(=C1NC(=O)Nc1nc4cc(Cl)ccc4o1)C3C2. The first-order valence-electron chi connectivity index (χ1n) is 8.94. The Morgan fingerprint density at radius 1 is 1.28 bits per heavy atom. The molecule has 6 heteroatoms. The van der Waals surface area contributed by atoms with Crippen molar-refractivity contribution in [3.8, 4) is 0 Å². The van der Waals surface area contributed by atoms with Crippen molar-refractivity contribution in [1.29, 1.82) is 0 Å². The lowest BCUT2D eigenvalue weighted by molar-refractivity contribution is 0.249. The fraction of sp³-hybridized carbons (Fsp3) is 0.474. The molecular formula is C19H20ClN3O2. The first kappa shape index (κ1) is 15.3. The van der Waals surface area contributed by atoms with Crippen molar-refractivity contribution in [2.45, 2.75) is 32.6 Å². The van der Waals surface area contributed by atoms with Gasteiger partial charge in [0, 0.05) is 10.7 Å². The number of carbonyl (C=O) groups is 1. The van der Waals surface area contributed by atoms with Gasteiger partial charge in [-0.1, -0.05) is 18.5 Å². The molecule has 0 radical (unpaired) electrons. The lowest BCUT2D eigenvalue weighted by Crippen LogP contribution is -2.36. The van der Waals surface area contributed by atoms with E-state index < -0.39 is 0 Å². The van der Waals surface area contributed by atoms with Crippen LogP contribution in [-0.4, -0.2) is 11.0 Å². The summed E-state index contributed by atoms with van der Waals surface area (Å²) in [6.07, 6.45) is 5.02. The molecule has 2 aromatic rings. The molecule has 130 valence electrons. The molecule has 2 bridgehead atoms. The normalized spacial score (nSPS) is 30.2. The number of carbonyl (C=O) groups excluding carboxylic acids is 1. The number of amides is 2. The molecule has 5 nitrogen and oxygen atoms in total. The molecule has 4 unspecified atom stereocenters. The largest absolute Gasteiger partial charge is 0.423 e. The zero-order valence-corrected chi connectivity index (χ0v) is 14.8. The van der Waals surface area contributed by atoms with Crippen LogP contribution in [0.2, 0.25) is 5.02 Å². The molecule has 4 atom stereocenters. The number of halogens is 1. The number of oxazole rings is 1. The minimum absolute atomic E-state index is 0.189. The van der Waals surface area contributed by atoms with Crippen LogP contribution >= 0.6 is 11.6 Å². The van der Waals surface area contributed by atoms with Crippen LogP contribution in [0.15, 0.2) is 33.9 Å². The summed E-state index contributed by atoms with van der Waals surface area (Å²) in [4.78, 5) is 16.7. The van der Waals surface area contributed by atoms with Crippen molar-refractivity contribution in [2.75, 3.05) is 5.32 Å². The van der Waals surface area contributed by atoms with Crippen molar-refractivity contribution in [1.82, 2.24) is 10.3 Å². The molecule has 0 spiro atoms. The molecule has 1 heterocycles. The van der Waals surface area contributed by atoms with E-state index in [1.807, 2.05) is 0 Å². The fourth-order valence-corrected chi connectivity index (χ4v) is 5.18. The molecule has 5 rings (SSSR count). The Morgan fingerprint density at radius 2 is 2.16 bits per heavy atom. The summed E-state index contributed by atoms with van der Waals surface area (Å²) in [7, 11) is 0. The molecule has 0 saturated heterocycles. The minimum Gasteiger partial charge on any atom is -0.423 e. The molecule has 2 saturated carbocycles. The number of allylic oxidation sites excluding steroid dienone is 2. The third-order valence-electron chi connectivity index (χ3n) is 6.07. The van der Waals surface area contributed by atoms with Crippen LogP contribution in [0.3, 0.4) is 0 Å². The van der Waals surface area contributed by atoms with Crippen LogP contribution in [0.4, 0.5) is 10.8 Å². The molecule has 3 aliphatic carbocycles. The van der Waals surface area contributed by atoms with E-state index in [0.717, 1.165) is 24.0 Å². The van der Waals surface area contributed by atoms with Gasteiger partial charge in [0.25, 0.3) is 0 Å². The summed E-state index contributed by atoms with van der Waals surface area (Å²) < 4.78 is 5.56. The number of hydrogen-bond acceptors (Lipinski definition) is 3. The zero-order chi connectivity index (χ0) is 17.1. The second-order valence-electron chi connectivity index (χ2n) is 7.69. The first-order valence-corrected chi connectivity index (χ1v) is 9.31. The third kappa shape index (κ3) is 2.53. The van der Waals surface area contributed by atoms with Gasteiger partial charge in [-0.2, -0.15) is 4.98 Å². The maximum atomic E-state index is 12.5. The van der Waals surface area contributed by atoms with Gasteiger partial charge < -0.3 is 9.73 Å². The van der Waals surface area contributed by atoms with Gasteiger partial charge >= 0.3 is 12.0 Å². The number of nitrogens with one attached hydrogen (secondary N) is 2. The molecule has 25 heavy (non-hydrogen) atoms. The van der Waals surface area contributed by atoms with Crippen LogP contribution in [0, 0.1) is 23.7 Å². The molecular weight excluding hydrogens is 338 g/mol. The van der Waals surface area contributed by atoms with Crippen LogP contribution in [0.1, 0.15) is 32.6 Å². The van der Waals surface area contributed by atoms with E-state index in [1.165, 1.54) is 24.8 Å². The van der Waals surface area contributed by atoms with E-state index in [-0.39, 0.29) is 12.0 Å². The number of aromatic nitrogens is 1. The summed E-state index contributed by atoms with van der Waals surface area (Å²) in [6.45, 7) is 2.22. The average Bonchev–Trinajstić information content (AvgIpc) is 3.04. The summed E-state index contributed by atoms with van der Waals surface area (Å²) in [5, 5.41) is 6.39. The lowest BCUT2D eigenvalue weighted by atomic mass is 9.69. The van der Waals surface area contributed by atoms with Crippen LogP contribution < -0.4 is 10.6 Å². The van der Waals surface area contributed by atoms with Gasteiger partial charge in [0.15, 0.2) is 5.58 Å². The predicted molar refractivity (Wildman–Crippen MR) is 96.3 cm³/mol. The lowest BCUT2D eigenvalue weighted by Gasteiger charge is -2.38. The van der Waals surface area contributed by atoms with Crippen molar-refractivity contribution in [3.05, 3.63) is 34.5 Å². The van der Waals surface area contributed by atoms with Crippen LogP contribution in [0.5, 0.6) is 0 Å². The Bertz CT molecular complexity index is 903. The van der Waals surface area contributed by atoms with Crippen molar-refractivity contribution < 1.29 is 9.21 Å². The Morgan fingerprint density at radius 3 is 3.04 bits per heavy atom. The highest BCUT2D eigenvalue weighted by Gasteiger charge is 2.48. The predicted octanol–water partition coefficient (Wildman–Crippen LogP) is 4.94. The minimum atomic E-state index is -0.284. The summed E-state index contributed by atoms with van der Waals surface area (Å²) in [5.41, 5.74) is 3.83. The van der Waals surface area contributed by atoms with E-state index in [1.54, 1.807) is 18.2 Å². The quantitative estimate of drug-likeness (QED) is 0.799. The average molecular weight is 358 g/mol. The van der Waals surface area contributed by atoms with E-state index in [2.05, 4.69) is 22.5 Å². The Hall–Kier alpha value is -2.01. The summed E-state index contributed by atoms with van der Waals surface area (Å²) >= 11 is 5.96. The molecule has 3 aliphatic rings. The topological polar surface area (TPSA) is 67.2 Å². The first-order chi connectivity index (χ1) is 12.1. The van der Waals surface area contributed by atoms with Gasteiger partial charge in [0.2, 0.25) is 0 Å². The summed E-state index contributed by atoms with van der Waals surface area (Å²) in [5.74, 6) is 2.79. The van der Waals surface area contributed by atoms with E-state index in [9.17, 15) is 4.79 Å². The number of urea groups is 1. The van der Waals surface area contributed by atoms with Gasteiger partial charge in [0.05, 0.1) is 0 Å². The van der Waals surface area contributed by atoms with Gasteiger partial charge in [0.1, 0.15) is 5.52 Å². The molecule has 1 aromatic carbocycles. The van der Waals surface area contributed by atoms with Gasteiger partial charge in [-0.3, -0.25) is 5.32 Å². The molecule has 0 aliphatic heterocycles. The Balaban J connectivity index is 1.34. The zero-order valence-electron chi connectivity index (χ0n) is 14.0. The number of hydrogen-bond donors (Lipinski definition) is 2. The van der Waals surface area contributed by atoms with Gasteiger partial charge in [-0.05, 0) is 73.1 Å². The maximum absolute atomic E-state index is 12.5. The van der Waals surface area contributed by atoms with Crippen molar-refractivity contribution >= 4 is 34.7 Å². The van der Waals surface area contributed by atoms with E-state index in [0.29, 0.717) is 28.0 Å². The van der Waals surface area contributed by atoms with Gasteiger partial charge in [-0.25, -0.2) is 4.79 Å². The van der Waals surface area contributed by atoms with Crippen LogP contribution in [-0.2, 0) is 0 Å². The Kier molecular flexibility index (Phi) is 3.35. The molecule has 2 fully saturated rings. The second kappa shape index (κ2) is 5.49. The molecule has 1 aromatic heterocycles. The number of nitrogens with zero attached hydrogens (tertiary/aromatic N) is 1. The monoisotopic (exact) mass is 357 g/mol. The fourth-order valence-electron chi connectivity index (χ4n) is 5.01. The van der Waals surface area contributed by atoms with E-state index >= 15 is 0 Å². The highest BCUT2D eigenvalue weighted by atomic mass is 35.5. The smallest absolute Gasteiger partial charge is 0.327 e. The number of fused-ring (bicyclic) bond motifs is 2. The van der Waals surface area contributed by atoms with Crippen LogP contribution in [0.25, 0.3) is 11.1 Å². The van der Waals surface area contributed by atoms with Crippen molar-refractivity contribution in [3.63, 3.8) is 0 Å². The Labute approximate surface area is 150 Å².